The van der Waals surface area contributed by atoms with Crippen LogP contribution in [0.25, 0.3) is 11.0 Å². The van der Waals surface area contributed by atoms with Gasteiger partial charge in [0.1, 0.15) is 17.2 Å². The molecule has 14 heteroatoms. The van der Waals surface area contributed by atoms with Crippen LogP contribution in [-0.2, 0) is 11.0 Å². The number of amides is 2. The van der Waals surface area contributed by atoms with Gasteiger partial charge < -0.3 is 31.1 Å². The molecule has 6 N–H and O–H groups in total. The van der Waals surface area contributed by atoms with Crippen LogP contribution in [0.1, 0.15) is 16.1 Å². The SMILES string of the molecule is C=CN(CC(=C)C(=O)Nc1ccc(Nc2nc3ccc(Oc4ccnc(C(N)=O)c4)cc3[nH]2)cc1C(F)(F)F)NC. The molecule has 0 spiro atoms. The molecule has 0 unspecified atom stereocenters. The summed E-state index contributed by atoms with van der Waals surface area (Å²) in [6.07, 6.45) is -1.97. The Morgan fingerprint density at radius 2 is 1.90 bits per heavy atom. The van der Waals surface area contributed by atoms with Crippen LogP contribution >= 0.6 is 0 Å². The number of hydrazine groups is 1. The largest absolute Gasteiger partial charge is 0.457 e. The van der Waals surface area contributed by atoms with Gasteiger partial charge in [-0.2, -0.15) is 13.2 Å². The van der Waals surface area contributed by atoms with Crippen LogP contribution in [0.4, 0.5) is 30.5 Å². The van der Waals surface area contributed by atoms with E-state index in [2.05, 4.69) is 44.2 Å². The van der Waals surface area contributed by atoms with Gasteiger partial charge in [0, 0.05) is 42.8 Å². The standard InChI is InChI=1S/C27H25F3N8O3/c1-4-38(32-3)14-15(2)25(40)35-20-7-5-16(11-19(20)27(28,29)30)34-26-36-21-8-6-17(12-22(21)37-26)41-18-9-10-33-23(13-18)24(31)39/h4-13,32H,1-2,14H2,3H3,(H2,31,39)(H,35,40)(H2,34,36,37). The van der Waals surface area contributed by atoms with Gasteiger partial charge in [-0.1, -0.05) is 13.2 Å². The number of imidazole rings is 1. The van der Waals surface area contributed by atoms with Crippen molar-refractivity contribution in [1.82, 2.24) is 25.4 Å². The van der Waals surface area contributed by atoms with Crippen molar-refractivity contribution in [2.75, 3.05) is 24.2 Å². The Balaban J connectivity index is 1.52. The van der Waals surface area contributed by atoms with Gasteiger partial charge in [0.25, 0.3) is 11.8 Å². The fourth-order valence-corrected chi connectivity index (χ4v) is 3.68. The molecule has 41 heavy (non-hydrogen) atoms. The van der Waals surface area contributed by atoms with Crippen LogP contribution in [0.15, 0.2) is 79.7 Å². The monoisotopic (exact) mass is 566 g/mol. The molecular formula is C27H25F3N8O3. The van der Waals surface area contributed by atoms with Crippen molar-refractivity contribution in [1.29, 1.82) is 0 Å². The molecule has 0 bridgehead atoms. The summed E-state index contributed by atoms with van der Waals surface area (Å²) in [5, 5.41) is 6.54. The number of carbonyl (C=O) groups is 2. The van der Waals surface area contributed by atoms with Crippen LogP contribution in [0.3, 0.4) is 0 Å². The highest BCUT2D eigenvalue weighted by Crippen LogP contribution is 2.37. The number of benzene rings is 2. The molecule has 4 aromatic rings. The molecule has 212 valence electrons. The van der Waals surface area contributed by atoms with E-state index in [0.29, 0.717) is 22.5 Å². The molecule has 0 saturated carbocycles. The van der Waals surface area contributed by atoms with Gasteiger partial charge in [-0.15, -0.1) is 0 Å². The number of H-pyrrole nitrogens is 1. The average Bonchev–Trinajstić information content (AvgIpc) is 3.33. The van der Waals surface area contributed by atoms with Gasteiger partial charge in [0.15, 0.2) is 0 Å². The second kappa shape index (κ2) is 11.8. The first-order valence-corrected chi connectivity index (χ1v) is 11.9. The number of halogens is 3. The van der Waals surface area contributed by atoms with Crippen molar-refractivity contribution >= 4 is 40.2 Å². The minimum Gasteiger partial charge on any atom is -0.457 e. The molecular weight excluding hydrogens is 541 g/mol. The van der Waals surface area contributed by atoms with Crippen LogP contribution in [0, 0.1) is 0 Å². The number of nitrogens with two attached hydrogens (primary N) is 1. The van der Waals surface area contributed by atoms with Crippen molar-refractivity contribution in [2.45, 2.75) is 6.18 Å². The highest BCUT2D eigenvalue weighted by Gasteiger charge is 2.34. The summed E-state index contributed by atoms with van der Waals surface area (Å²) in [5.74, 6) is -0.560. The first-order chi connectivity index (χ1) is 19.5. The molecule has 4 rings (SSSR count). The van der Waals surface area contributed by atoms with Gasteiger partial charge in [0.2, 0.25) is 5.95 Å². The van der Waals surface area contributed by atoms with E-state index in [1.165, 1.54) is 29.5 Å². The van der Waals surface area contributed by atoms with E-state index in [0.717, 1.165) is 12.1 Å². The second-order valence-electron chi connectivity index (χ2n) is 8.58. The van der Waals surface area contributed by atoms with Gasteiger partial charge in [-0.05, 0) is 36.4 Å². The molecule has 0 aliphatic heterocycles. The van der Waals surface area contributed by atoms with Crippen LogP contribution in [0.5, 0.6) is 11.5 Å². The van der Waals surface area contributed by atoms with E-state index < -0.39 is 29.2 Å². The number of anilines is 3. The Kier molecular flexibility index (Phi) is 8.24. The summed E-state index contributed by atoms with van der Waals surface area (Å²) >= 11 is 0. The van der Waals surface area contributed by atoms with E-state index in [4.69, 9.17) is 10.5 Å². The Hall–Kier alpha value is -5.37. The van der Waals surface area contributed by atoms with Crippen molar-refractivity contribution in [3.63, 3.8) is 0 Å². The highest BCUT2D eigenvalue weighted by molar-refractivity contribution is 6.04. The molecule has 2 heterocycles. The lowest BCUT2D eigenvalue weighted by atomic mass is 10.1. The lowest BCUT2D eigenvalue weighted by Gasteiger charge is -2.20. The van der Waals surface area contributed by atoms with E-state index in [9.17, 15) is 22.8 Å². The molecule has 0 aliphatic carbocycles. The number of nitrogens with zero attached hydrogens (tertiary/aromatic N) is 3. The summed E-state index contributed by atoms with van der Waals surface area (Å²) in [5.41, 5.74) is 7.70. The maximum Gasteiger partial charge on any atom is 0.418 e. The Labute approximate surface area is 231 Å². The number of primary amides is 1. The number of hydrogen-bond acceptors (Lipinski definition) is 8. The Morgan fingerprint density at radius 1 is 1.15 bits per heavy atom. The first-order valence-electron chi connectivity index (χ1n) is 11.9. The smallest absolute Gasteiger partial charge is 0.418 e. The number of aromatic amines is 1. The summed E-state index contributed by atoms with van der Waals surface area (Å²) < 4.78 is 47.5. The van der Waals surface area contributed by atoms with Crippen molar-refractivity contribution < 1.29 is 27.5 Å². The molecule has 2 amide bonds. The number of ether oxygens (including phenoxy) is 1. The van der Waals surface area contributed by atoms with Crippen LogP contribution in [-0.4, -0.2) is 45.4 Å². The zero-order valence-corrected chi connectivity index (χ0v) is 21.7. The number of aromatic nitrogens is 3. The average molecular weight is 567 g/mol. The zero-order chi connectivity index (χ0) is 29.7. The van der Waals surface area contributed by atoms with Gasteiger partial charge in [-0.3, -0.25) is 14.6 Å². The minimum atomic E-state index is -4.76. The predicted octanol–water partition coefficient (Wildman–Crippen LogP) is 4.69. The summed E-state index contributed by atoms with van der Waals surface area (Å²) in [7, 11) is 1.60. The van der Waals surface area contributed by atoms with Crippen LogP contribution in [0.2, 0.25) is 0 Å². The maximum atomic E-state index is 13.9. The summed E-state index contributed by atoms with van der Waals surface area (Å²) in [6, 6.07) is 11.2. The third-order valence-corrected chi connectivity index (χ3v) is 5.70. The molecule has 0 radical (unpaired) electrons. The van der Waals surface area contributed by atoms with Crippen LogP contribution < -0.4 is 26.5 Å². The first kappa shape index (κ1) is 28.6. The maximum absolute atomic E-state index is 13.9. The van der Waals surface area contributed by atoms with Gasteiger partial charge >= 0.3 is 6.18 Å². The number of nitrogens with one attached hydrogen (secondary N) is 4. The molecule has 2 aromatic heterocycles. The number of fused-ring (bicyclic) bond motifs is 1. The topological polar surface area (TPSA) is 150 Å². The van der Waals surface area contributed by atoms with E-state index in [-0.39, 0.29) is 29.4 Å². The van der Waals surface area contributed by atoms with E-state index in [1.807, 2.05) is 0 Å². The van der Waals surface area contributed by atoms with Crippen molar-refractivity contribution in [2.24, 2.45) is 5.73 Å². The Bertz CT molecular complexity index is 1630. The van der Waals surface area contributed by atoms with Gasteiger partial charge in [-0.25, -0.2) is 10.4 Å². The molecule has 11 nitrogen and oxygen atoms in total. The predicted molar refractivity (Wildman–Crippen MR) is 147 cm³/mol. The molecule has 0 fully saturated rings. The minimum absolute atomic E-state index is 0.0165. The summed E-state index contributed by atoms with van der Waals surface area (Å²) in [6.45, 7) is 7.22. The Morgan fingerprint density at radius 3 is 2.59 bits per heavy atom. The molecule has 0 saturated heterocycles. The normalized spacial score (nSPS) is 11.1. The molecule has 2 aromatic carbocycles. The third-order valence-electron chi connectivity index (χ3n) is 5.70. The van der Waals surface area contributed by atoms with Crippen molar-refractivity contribution in [3.05, 3.63) is 90.9 Å². The van der Waals surface area contributed by atoms with Gasteiger partial charge in [0.05, 0.1) is 28.8 Å². The van der Waals surface area contributed by atoms with E-state index in [1.54, 1.807) is 31.3 Å². The quantitative estimate of drug-likeness (QED) is 0.130. The molecule has 0 atom stereocenters. The van der Waals surface area contributed by atoms with Crippen molar-refractivity contribution in [3.8, 4) is 11.5 Å². The van der Waals surface area contributed by atoms with E-state index >= 15 is 0 Å². The molecule has 0 aliphatic rings. The lowest BCUT2D eigenvalue weighted by Crippen LogP contribution is -2.34. The number of hydrogen-bond donors (Lipinski definition) is 5. The lowest BCUT2D eigenvalue weighted by molar-refractivity contribution is -0.136. The second-order valence-corrected chi connectivity index (χ2v) is 8.58. The third kappa shape index (κ3) is 6.99. The fraction of sp³-hybridized carbons (Fsp3) is 0.111. The fourth-order valence-electron chi connectivity index (χ4n) is 3.68. The number of rotatable bonds is 11. The number of pyridine rings is 1. The summed E-state index contributed by atoms with van der Waals surface area (Å²) in [4.78, 5) is 35.0. The zero-order valence-electron chi connectivity index (χ0n) is 21.7. The number of carbonyl (C=O) groups excluding carboxylic acids is 2. The highest BCUT2D eigenvalue weighted by atomic mass is 19.4. The number of alkyl halides is 3.